The molecule has 5 heteroatoms. The van der Waals surface area contributed by atoms with E-state index in [4.69, 9.17) is 16.0 Å². The fourth-order valence-corrected chi connectivity index (χ4v) is 2.28. The summed E-state index contributed by atoms with van der Waals surface area (Å²) >= 11 is 6.19. The monoisotopic (exact) mass is 307 g/mol. The second-order valence-electron chi connectivity index (χ2n) is 4.69. The molecule has 112 valence electrons. The Bertz CT molecular complexity index is 636. The van der Waals surface area contributed by atoms with Crippen molar-refractivity contribution in [3.63, 3.8) is 0 Å². The molecule has 1 aromatic heterocycles. The van der Waals surface area contributed by atoms with Gasteiger partial charge in [0.2, 0.25) is 5.76 Å². The smallest absolute Gasteiger partial charge is 0.373 e. The second-order valence-corrected chi connectivity index (χ2v) is 5.10. The standard InChI is InChI=1S/C16H18ClNO3/c1-4-18-15(11-6-5-10(2)12(17)9-11)13-7-8-14(21-13)16(19)20-3/h5-9,15,18H,4H2,1-3H3. The summed E-state index contributed by atoms with van der Waals surface area (Å²) in [6.07, 6.45) is 0. The van der Waals surface area contributed by atoms with Gasteiger partial charge in [0, 0.05) is 5.02 Å². The summed E-state index contributed by atoms with van der Waals surface area (Å²) in [7, 11) is 1.33. The minimum atomic E-state index is -0.488. The first kappa shape index (κ1) is 15.6. The molecular weight excluding hydrogens is 290 g/mol. The molecule has 1 aromatic carbocycles. The van der Waals surface area contributed by atoms with Crippen LogP contribution in [0, 0.1) is 6.92 Å². The van der Waals surface area contributed by atoms with Crippen LogP contribution in [0.2, 0.25) is 5.02 Å². The number of carbonyl (C=O) groups is 1. The predicted octanol–water partition coefficient (Wildman–Crippen LogP) is 3.73. The first-order valence-corrected chi connectivity index (χ1v) is 7.12. The first-order chi connectivity index (χ1) is 10.1. The number of hydrogen-bond donors (Lipinski definition) is 1. The molecule has 0 saturated heterocycles. The number of carbonyl (C=O) groups excluding carboxylic acids is 1. The van der Waals surface area contributed by atoms with Gasteiger partial charge in [-0.05, 0) is 42.8 Å². The fraction of sp³-hybridized carbons (Fsp3) is 0.312. The molecule has 0 radical (unpaired) electrons. The van der Waals surface area contributed by atoms with Crippen LogP contribution in [-0.4, -0.2) is 19.6 Å². The number of ether oxygens (including phenoxy) is 1. The molecule has 1 heterocycles. The van der Waals surface area contributed by atoms with Gasteiger partial charge in [-0.15, -0.1) is 0 Å². The molecular formula is C16H18ClNO3. The molecule has 4 nitrogen and oxygen atoms in total. The Labute approximate surface area is 129 Å². The van der Waals surface area contributed by atoms with Crippen molar-refractivity contribution in [2.24, 2.45) is 0 Å². The van der Waals surface area contributed by atoms with Gasteiger partial charge in [0.05, 0.1) is 13.2 Å². The largest absolute Gasteiger partial charge is 0.463 e. The summed E-state index contributed by atoms with van der Waals surface area (Å²) in [5.74, 6) is 0.351. The average molecular weight is 308 g/mol. The van der Waals surface area contributed by atoms with Gasteiger partial charge in [0.15, 0.2) is 0 Å². The highest BCUT2D eigenvalue weighted by atomic mass is 35.5. The Morgan fingerprint density at radius 2 is 2.14 bits per heavy atom. The number of rotatable bonds is 5. The Balaban J connectivity index is 2.36. The van der Waals surface area contributed by atoms with Crippen molar-refractivity contribution in [1.82, 2.24) is 5.32 Å². The number of nitrogens with one attached hydrogen (secondary N) is 1. The lowest BCUT2D eigenvalue weighted by Crippen LogP contribution is -2.21. The maximum absolute atomic E-state index is 11.5. The molecule has 1 N–H and O–H groups in total. The van der Waals surface area contributed by atoms with Gasteiger partial charge in [-0.2, -0.15) is 0 Å². The molecule has 0 spiro atoms. The highest BCUT2D eigenvalue weighted by molar-refractivity contribution is 6.31. The molecule has 0 aliphatic heterocycles. The van der Waals surface area contributed by atoms with Gasteiger partial charge in [-0.1, -0.05) is 30.7 Å². The fourth-order valence-electron chi connectivity index (χ4n) is 2.09. The highest BCUT2D eigenvalue weighted by Crippen LogP contribution is 2.27. The minimum absolute atomic E-state index is 0.161. The summed E-state index contributed by atoms with van der Waals surface area (Å²) in [6, 6.07) is 9.09. The maximum Gasteiger partial charge on any atom is 0.373 e. The third kappa shape index (κ3) is 3.46. The van der Waals surface area contributed by atoms with E-state index in [9.17, 15) is 4.79 Å². The second kappa shape index (κ2) is 6.78. The number of furan rings is 1. The summed E-state index contributed by atoms with van der Waals surface area (Å²) in [4.78, 5) is 11.5. The number of methoxy groups -OCH3 is 1. The zero-order valence-electron chi connectivity index (χ0n) is 12.3. The molecule has 2 aromatic rings. The average Bonchev–Trinajstić information content (AvgIpc) is 2.96. The molecule has 0 fully saturated rings. The number of aryl methyl sites for hydroxylation is 1. The zero-order chi connectivity index (χ0) is 15.4. The van der Waals surface area contributed by atoms with Crippen LogP contribution in [0.4, 0.5) is 0 Å². The topological polar surface area (TPSA) is 51.5 Å². The summed E-state index contributed by atoms with van der Waals surface area (Å²) in [6.45, 7) is 4.72. The van der Waals surface area contributed by atoms with E-state index in [2.05, 4.69) is 10.1 Å². The van der Waals surface area contributed by atoms with Crippen molar-refractivity contribution in [3.05, 3.63) is 58.0 Å². The van der Waals surface area contributed by atoms with Crippen molar-refractivity contribution in [2.75, 3.05) is 13.7 Å². The normalized spacial score (nSPS) is 12.2. The van der Waals surface area contributed by atoms with Gasteiger partial charge in [-0.3, -0.25) is 0 Å². The van der Waals surface area contributed by atoms with Gasteiger partial charge in [0.25, 0.3) is 0 Å². The van der Waals surface area contributed by atoms with Gasteiger partial charge in [-0.25, -0.2) is 4.79 Å². The van der Waals surface area contributed by atoms with Crippen LogP contribution < -0.4 is 5.32 Å². The molecule has 0 bridgehead atoms. The highest BCUT2D eigenvalue weighted by Gasteiger charge is 2.20. The van der Waals surface area contributed by atoms with Crippen molar-refractivity contribution >= 4 is 17.6 Å². The van der Waals surface area contributed by atoms with Crippen LogP contribution in [0.5, 0.6) is 0 Å². The van der Waals surface area contributed by atoms with Crippen molar-refractivity contribution in [2.45, 2.75) is 19.9 Å². The Hall–Kier alpha value is -1.78. The summed E-state index contributed by atoms with van der Waals surface area (Å²) < 4.78 is 10.3. The molecule has 21 heavy (non-hydrogen) atoms. The quantitative estimate of drug-likeness (QED) is 0.855. The number of halogens is 1. The lowest BCUT2D eigenvalue weighted by Gasteiger charge is -2.17. The van der Waals surface area contributed by atoms with Crippen LogP contribution >= 0.6 is 11.6 Å². The van der Waals surface area contributed by atoms with Crippen LogP contribution in [0.25, 0.3) is 0 Å². The van der Waals surface area contributed by atoms with Crippen LogP contribution in [0.15, 0.2) is 34.7 Å². The van der Waals surface area contributed by atoms with E-state index in [1.54, 1.807) is 12.1 Å². The SMILES string of the molecule is CCNC(c1ccc(C)c(Cl)c1)c1ccc(C(=O)OC)o1. The summed E-state index contributed by atoms with van der Waals surface area (Å²) in [5, 5.41) is 4.03. The molecule has 0 amide bonds. The minimum Gasteiger partial charge on any atom is -0.463 e. The van der Waals surface area contributed by atoms with E-state index in [0.29, 0.717) is 10.8 Å². The van der Waals surface area contributed by atoms with Crippen molar-refractivity contribution in [1.29, 1.82) is 0 Å². The van der Waals surface area contributed by atoms with Crippen LogP contribution in [0.3, 0.4) is 0 Å². The van der Waals surface area contributed by atoms with E-state index in [1.165, 1.54) is 7.11 Å². The Kier molecular flexibility index (Phi) is 5.04. The number of benzene rings is 1. The molecule has 1 atom stereocenters. The maximum atomic E-state index is 11.5. The molecule has 1 unspecified atom stereocenters. The Morgan fingerprint density at radius 1 is 1.38 bits per heavy atom. The van der Waals surface area contributed by atoms with E-state index < -0.39 is 5.97 Å². The molecule has 2 rings (SSSR count). The summed E-state index contributed by atoms with van der Waals surface area (Å²) in [5.41, 5.74) is 2.00. The first-order valence-electron chi connectivity index (χ1n) is 6.74. The Morgan fingerprint density at radius 3 is 2.76 bits per heavy atom. The lowest BCUT2D eigenvalue weighted by molar-refractivity contribution is 0.0562. The van der Waals surface area contributed by atoms with Gasteiger partial charge >= 0.3 is 5.97 Å². The molecule has 0 aliphatic rings. The van der Waals surface area contributed by atoms with Crippen LogP contribution in [-0.2, 0) is 4.74 Å². The van der Waals surface area contributed by atoms with E-state index >= 15 is 0 Å². The van der Waals surface area contributed by atoms with E-state index in [0.717, 1.165) is 17.7 Å². The van der Waals surface area contributed by atoms with E-state index in [-0.39, 0.29) is 11.8 Å². The number of hydrogen-bond acceptors (Lipinski definition) is 4. The van der Waals surface area contributed by atoms with E-state index in [1.807, 2.05) is 32.0 Å². The van der Waals surface area contributed by atoms with Crippen molar-refractivity contribution in [3.8, 4) is 0 Å². The molecule has 0 aliphatic carbocycles. The third-order valence-corrected chi connectivity index (χ3v) is 3.64. The molecule has 0 saturated carbocycles. The predicted molar refractivity (Wildman–Crippen MR) is 81.8 cm³/mol. The lowest BCUT2D eigenvalue weighted by atomic mass is 10.0. The number of esters is 1. The zero-order valence-corrected chi connectivity index (χ0v) is 13.0. The van der Waals surface area contributed by atoms with Crippen LogP contribution in [0.1, 0.15) is 40.4 Å². The van der Waals surface area contributed by atoms with Crippen molar-refractivity contribution < 1.29 is 13.9 Å². The third-order valence-electron chi connectivity index (χ3n) is 3.24. The van der Waals surface area contributed by atoms with Gasteiger partial charge in [0.1, 0.15) is 5.76 Å². The van der Waals surface area contributed by atoms with Gasteiger partial charge < -0.3 is 14.5 Å².